The number of carboxylic acid groups (broad SMARTS) is 2. The van der Waals surface area contributed by atoms with Crippen LogP contribution < -0.4 is 5.32 Å². The van der Waals surface area contributed by atoms with Crippen LogP contribution in [0.4, 0.5) is 0 Å². The summed E-state index contributed by atoms with van der Waals surface area (Å²) in [7, 11) is 1.55. The molecule has 1 rings (SSSR count). The highest BCUT2D eigenvalue weighted by Crippen LogP contribution is 2.09. The van der Waals surface area contributed by atoms with Gasteiger partial charge < -0.3 is 20.1 Å². The Bertz CT molecular complexity index is 589. The van der Waals surface area contributed by atoms with E-state index in [1.165, 1.54) is 23.8 Å². The summed E-state index contributed by atoms with van der Waals surface area (Å²) in [6.07, 6.45) is 0.869. The minimum Gasteiger partial charge on any atom is -0.481 e. The third-order valence-electron chi connectivity index (χ3n) is 2.89. The predicted molar refractivity (Wildman–Crippen MR) is 71.2 cm³/mol. The van der Waals surface area contributed by atoms with Crippen LogP contribution in [0.2, 0.25) is 0 Å². The molecule has 0 aliphatic carbocycles. The number of carbonyl (C=O) groups is 4. The Balaban J connectivity index is 2.84. The highest BCUT2D eigenvalue weighted by atomic mass is 16.4. The zero-order valence-electron chi connectivity index (χ0n) is 11.6. The number of aliphatic carboxylic acids is 2. The lowest BCUT2D eigenvalue weighted by molar-refractivity contribution is -0.140. The summed E-state index contributed by atoms with van der Waals surface area (Å²) in [5.41, 5.74) is 0.460. The van der Waals surface area contributed by atoms with Gasteiger partial charge >= 0.3 is 11.9 Å². The molecule has 0 aliphatic heterocycles. The Labute approximate surface area is 120 Å². The first-order valence-corrected chi connectivity index (χ1v) is 6.15. The van der Waals surface area contributed by atoms with Crippen molar-refractivity contribution in [2.75, 3.05) is 0 Å². The number of nitrogens with one attached hydrogen (secondary N) is 1. The first-order chi connectivity index (χ1) is 9.72. The monoisotopic (exact) mass is 296 g/mol. The van der Waals surface area contributed by atoms with Crippen LogP contribution in [0, 0.1) is 0 Å². The average Bonchev–Trinajstić information content (AvgIpc) is 2.76. The molecule has 21 heavy (non-hydrogen) atoms. The molecule has 114 valence electrons. The number of rotatable bonds is 7. The van der Waals surface area contributed by atoms with Crippen molar-refractivity contribution in [1.82, 2.24) is 9.88 Å². The standard InChI is InChI=1S/C13H16N2O6/c1-7(16)8-5-10(15(2)6-8)12(19)14-9(13(20)21)3-4-11(17)18/h5-6,9H,3-4H2,1-2H3,(H,14,19)(H,17,18)(H,20,21)/t9-/m0/s1. The molecular formula is C13H16N2O6. The van der Waals surface area contributed by atoms with E-state index in [1.54, 1.807) is 7.05 Å². The molecule has 1 heterocycles. The van der Waals surface area contributed by atoms with Gasteiger partial charge in [-0.15, -0.1) is 0 Å². The molecule has 1 amide bonds. The van der Waals surface area contributed by atoms with Crippen molar-refractivity contribution in [3.8, 4) is 0 Å². The average molecular weight is 296 g/mol. The number of nitrogens with zero attached hydrogens (tertiary/aromatic N) is 1. The van der Waals surface area contributed by atoms with Gasteiger partial charge in [-0.1, -0.05) is 0 Å². The topological polar surface area (TPSA) is 126 Å². The highest BCUT2D eigenvalue weighted by Gasteiger charge is 2.23. The predicted octanol–water partition coefficient (Wildman–Crippen LogP) is 0.276. The van der Waals surface area contributed by atoms with E-state index in [2.05, 4.69) is 5.32 Å². The van der Waals surface area contributed by atoms with Gasteiger partial charge in [0.25, 0.3) is 5.91 Å². The van der Waals surface area contributed by atoms with Gasteiger partial charge in [-0.3, -0.25) is 14.4 Å². The number of carbonyl (C=O) groups excluding carboxylic acids is 2. The van der Waals surface area contributed by atoms with Crippen LogP contribution in [0.15, 0.2) is 12.3 Å². The molecule has 0 fully saturated rings. The second-order valence-corrected chi connectivity index (χ2v) is 4.58. The van der Waals surface area contributed by atoms with Gasteiger partial charge in [-0.05, 0) is 19.4 Å². The molecule has 0 saturated heterocycles. The van der Waals surface area contributed by atoms with E-state index >= 15 is 0 Å². The van der Waals surface area contributed by atoms with Crippen molar-refractivity contribution in [2.45, 2.75) is 25.8 Å². The number of hydrogen-bond acceptors (Lipinski definition) is 4. The summed E-state index contributed by atoms with van der Waals surface area (Å²) >= 11 is 0. The van der Waals surface area contributed by atoms with Gasteiger partial charge in [0, 0.05) is 25.2 Å². The zero-order valence-corrected chi connectivity index (χ0v) is 11.6. The van der Waals surface area contributed by atoms with Crippen molar-refractivity contribution in [2.24, 2.45) is 7.05 Å². The lowest BCUT2D eigenvalue weighted by atomic mass is 10.1. The zero-order chi connectivity index (χ0) is 16.2. The number of ketones is 1. The van der Waals surface area contributed by atoms with Gasteiger partial charge in [0.05, 0.1) is 0 Å². The molecule has 0 aromatic carbocycles. The maximum Gasteiger partial charge on any atom is 0.326 e. The fraction of sp³-hybridized carbons (Fsp3) is 0.385. The molecule has 0 radical (unpaired) electrons. The molecule has 1 atom stereocenters. The second-order valence-electron chi connectivity index (χ2n) is 4.58. The number of carboxylic acids is 2. The molecule has 0 saturated carbocycles. The van der Waals surface area contributed by atoms with Crippen molar-refractivity contribution in [3.63, 3.8) is 0 Å². The molecule has 1 aromatic rings. The summed E-state index contributed by atoms with van der Waals surface area (Å²) in [4.78, 5) is 44.7. The van der Waals surface area contributed by atoms with Crippen molar-refractivity contribution < 1.29 is 29.4 Å². The molecule has 0 unspecified atom stereocenters. The van der Waals surface area contributed by atoms with Gasteiger partial charge in [0.2, 0.25) is 0 Å². The van der Waals surface area contributed by atoms with Crippen LogP contribution in [0.1, 0.15) is 40.6 Å². The molecule has 0 spiro atoms. The maximum atomic E-state index is 12.0. The highest BCUT2D eigenvalue weighted by molar-refractivity contribution is 6.00. The van der Waals surface area contributed by atoms with E-state index < -0.39 is 23.9 Å². The maximum absolute atomic E-state index is 12.0. The minimum atomic E-state index is -1.31. The molecular weight excluding hydrogens is 280 g/mol. The molecule has 0 aliphatic rings. The number of amides is 1. The van der Waals surface area contributed by atoms with Crippen LogP contribution in [-0.2, 0) is 16.6 Å². The fourth-order valence-corrected chi connectivity index (χ4v) is 1.74. The largest absolute Gasteiger partial charge is 0.481 e. The summed E-state index contributed by atoms with van der Waals surface area (Å²) in [5, 5.41) is 19.8. The Morgan fingerprint density at radius 2 is 1.90 bits per heavy atom. The number of Topliss-reactive ketones (excluding diaryl/α,β-unsaturated/α-hetero) is 1. The van der Waals surface area contributed by atoms with Crippen molar-refractivity contribution >= 4 is 23.6 Å². The minimum absolute atomic E-state index is 0.127. The summed E-state index contributed by atoms with van der Waals surface area (Å²) in [6.45, 7) is 1.35. The lowest BCUT2D eigenvalue weighted by Crippen LogP contribution is -2.41. The first-order valence-electron chi connectivity index (χ1n) is 6.15. The van der Waals surface area contributed by atoms with Crippen molar-refractivity contribution in [1.29, 1.82) is 0 Å². The first kappa shape index (κ1) is 16.4. The summed E-state index contributed by atoms with van der Waals surface area (Å²) in [5.74, 6) is -3.35. The smallest absolute Gasteiger partial charge is 0.326 e. The van der Waals surface area contributed by atoms with E-state index in [1.807, 2.05) is 0 Å². The number of aromatic nitrogens is 1. The van der Waals surface area contributed by atoms with Crippen LogP contribution in [-0.4, -0.2) is 44.5 Å². The van der Waals surface area contributed by atoms with Crippen LogP contribution >= 0.6 is 0 Å². The van der Waals surface area contributed by atoms with E-state index in [0.717, 1.165) is 0 Å². The summed E-state index contributed by atoms with van der Waals surface area (Å²) in [6, 6.07) is 0.0533. The third-order valence-corrected chi connectivity index (χ3v) is 2.89. The third kappa shape index (κ3) is 4.44. The Hall–Kier alpha value is -2.64. The van der Waals surface area contributed by atoms with E-state index in [0.29, 0.717) is 5.56 Å². The SMILES string of the molecule is CC(=O)c1cc(C(=O)N[C@@H](CCC(=O)O)C(=O)O)n(C)c1. The summed E-state index contributed by atoms with van der Waals surface area (Å²) < 4.78 is 1.40. The molecule has 0 bridgehead atoms. The Morgan fingerprint density at radius 3 is 2.33 bits per heavy atom. The number of aryl methyl sites for hydroxylation is 1. The number of hydrogen-bond donors (Lipinski definition) is 3. The van der Waals surface area contributed by atoms with Gasteiger partial charge in [-0.25, -0.2) is 4.79 Å². The van der Waals surface area contributed by atoms with Crippen LogP contribution in [0.5, 0.6) is 0 Å². The normalized spacial score (nSPS) is 11.7. The fourth-order valence-electron chi connectivity index (χ4n) is 1.74. The lowest BCUT2D eigenvalue weighted by Gasteiger charge is -2.13. The van der Waals surface area contributed by atoms with Crippen LogP contribution in [0.3, 0.4) is 0 Å². The molecule has 1 aromatic heterocycles. The second kappa shape index (κ2) is 6.69. The van der Waals surface area contributed by atoms with E-state index in [4.69, 9.17) is 10.2 Å². The molecule has 8 heteroatoms. The molecule has 8 nitrogen and oxygen atoms in total. The van der Waals surface area contributed by atoms with Crippen LogP contribution in [0.25, 0.3) is 0 Å². The van der Waals surface area contributed by atoms with Gasteiger partial charge in [0.15, 0.2) is 5.78 Å². The Morgan fingerprint density at radius 1 is 1.29 bits per heavy atom. The van der Waals surface area contributed by atoms with E-state index in [-0.39, 0.29) is 24.3 Å². The quantitative estimate of drug-likeness (QED) is 0.620. The van der Waals surface area contributed by atoms with Gasteiger partial charge in [0.1, 0.15) is 11.7 Å². The van der Waals surface area contributed by atoms with Crippen molar-refractivity contribution in [3.05, 3.63) is 23.5 Å². The van der Waals surface area contributed by atoms with Gasteiger partial charge in [-0.2, -0.15) is 0 Å². The van der Waals surface area contributed by atoms with E-state index in [9.17, 15) is 19.2 Å². The molecule has 3 N–H and O–H groups in total. The Kier molecular flexibility index (Phi) is 5.23.